The van der Waals surface area contributed by atoms with Crippen molar-refractivity contribution in [1.82, 2.24) is 4.57 Å². The lowest BCUT2D eigenvalue weighted by Gasteiger charge is -2.15. The minimum atomic E-state index is 0.443. The standard InChI is InChI=1S/C17H16BrN/c1-12(2)19-16-6-4-3-5-14(16)11-17(19)13-7-9-15(18)10-8-13/h3-12H,1-2H3. The number of nitrogens with zero attached hydrogens (tertiary/aromatic N) is 1. The zero-order valence-corrected chi connectivity index (χ0v) is 12.7. The van der Waals surface area contributed by atoms with E-state index >= 15 is 0 Å². The van der Waals surface area contributed by atoms with Crippen LogP contribution >= 0.6 is 15.9 Å². The van der Waals surface area contributed by atoms with Crippen molar-refractivity contribution in [3.05, 3.63) is 59.1 Å². The number of aromatic nitrogens is 1. The highest BCUT2D eigenvalue weighted by Crippen LogP contribution is 2.31. The molecule has 0 unspecified atom stereocenters. The maximum atomic E-state index is 3.49. The van der Waals surface area contributed by atoms with E-state index in [1.54, 1.807) is 0 Å². The summed E-state index contributed by atoms with van der Waals surface area (Å²) in [5.74, 6) is 0. The molecular weight excluding hydrogens is 298 g/mol. The van der Waals surface area contributed by atoms with Gasteiger partial charge in [-0.25, -0.2) is 0 Å². The summed E-state index contributed by atoms with van der Waals surface area (Å²) in [5.41, 5.74) is 3.84. The second kappa shape index (κ2) is 4.86. The molecule has 0 N–H and O–H groups in total. The summed E-state index contributed by atoms with van der Waals surface area (Å²) < 4.78 is 3.52. The Labute approximate surface area is 122 Å². The predicted molar refractivity (Wildman–Crippen MR) is 85.5 cm³/mol. The van der Waals surface area contributed by atoms with Crippen molar-refractivity contribution in [2.45, 2.75) is 19.9 Å². The van der Waals surface area contributed by atoms with Gasteiger partial charge in [-0.3, -0.25) is 0 Å². The highest BCUT2D eigenvalue weighted by Gasteiger charge is 2.12. The zero-order valence-electron chi connectivity index (χ0n) is 11.1. The third-order valence-electron chi connectivity index (χ3n) is 3.40. The van der Waals surface area contributed by atoms with E-state index < -0.39 is 0 Å². The quantitative estimate of drug-likeness (QED) is 0.576. The van der Waals surface area contributed by atoms with Gasteiger partial charge in [0.1, 0.15) is 0 Å². The summed E-state index contributed by atoms with van der Waals surface area (Å²) in [4.78, 5) is 0. The van der Waals surface area contributed by atoms with Crippen molar-refractivity contribution < 1.29 is 0 Å². The van der Waals surface area contributed by atoms with Gasteiger partial charge in [0, 0.05) is 27.1 Å². The van der Waals surface area contributed by atoms with E-state index in [0.29, 0.717) is 6.04 Å². The zero-order chi connectivity index (χ0) is 13.4. The average molecular weight is 314 g/mol. The number of fused-ring (bicyclic) bond motifs is 1. The molecule has 96 valence electrons. The molecule has 0 spiro atoms. The summed E-state index contributed by atoms with van der Waals surface area (Å²) in [6, 6.07) is 19.8. The van der Waals surface area contributed by atoms with Crippen LogP contribution in [0.2, 0.25) is 0 Å². The maximum Gasteiger partial charge on any atom is 0.0493 e. The molecule has 0 atom stereocenters. The molecule has 0 fully saturated rings. The number of halogens is 1. The molecule has 0 amide bonds. The Bertz CT molecular complexity index is 708. The molecule has 0 radical (unpaired) electrons. The average Bonchev–Trinajstić information content (AvgIpc) is 2.78. The molecule has 0 saturated heterocycles. The molecular formula is C17H16BrN. The first kappa shape index (κ1) is 12.5. The van der Waals surface area contributed by atoms with Crippen molar-refractivity contribution in [3.8, 4) is 11.3 Å². The number of hydrogen-bond donors (Lipinski definition) is 0. The molecule has 0 bridgehead atoms. The van der Waals surface area contributed by atoms with E-state index in [-0.39, 0.29) is 0 Å². The number of para-hydroxylation sites is 1. The lowest BCUT2D eigenvalue weighted by Crippen LogP contribution is -2.02. The van der Waals surface area contributed by atoms with E-state index in [9.17, 15) is 0 Å². The van der Waals surface area contributed by atoms with Gasteiger partial charge >= 0.3 is 0 Å². The number of rotatable bonds is 2. The van der Waals surface area contributed by atoms with Crippen molar-refractivity contribution >= 4 is 26.8 Å². The Morgan fingerprint density at radius 3 is 2.32 bits per heavy atom. The Kier molecular flexibility index (Phi) is 3.19. The van der Waals surface area contributed by atoms with Crippen LogP contribution in [0.5, 0.6) is 0 Å². The van der Waals surface area contributed by atoms with Gasteiger partial charge in [-0.05, 0) is 43.7 Å². The van der Waals surface area contributed by atoms with Crippen LogP contribution in [0.4, 0.5) is 0 Å². The summed E-state index contributed by atoms with van der Waals surface area (Å²) in [5, 5.41) is 1.30. The molecule has 2 aromatic carbocycles. The second-order valence-electron chi connectivity index (χ2n) is 5.06. The Morgan fingerprint density at radius 1 is 0.947 bits per heavy atom. The second-order valence-corrected chi connectivity index (χ2v) is 5.97. The summed E-state index contributed by atoms with van der Waals surface area (Å²) in [6.45, 7) is 4.46. The first-order valence-electron chi connectivity index (χ1n) is 6.53. The number of benzene rings is 2. The molecule has 19 heavy (non-hydrogen) atoms. The van der Waals surface area contributed by atoms with E-state index in [4.69, 9.17) is 0 Å². The van der Waals surface area contributed by atoms with Crippen LogP contribution in [0, 0.1) is 0 Å². The molecule has 1 nitrogen and oxygen atoms in total. The molecule has 3 aromatic rings. The fourth-order valence-electron chi connectivity index (χ4n) is 2.57. The van der Waals surface area contributed by atoms with Crippen LogP contribution in [0.1, 0.15) is 19.9 Å². The summed E-state index contributed by atoms with van der Waals surface area (Å²) in [7, 11) is 0. The van der Waals surface area contributed by atoms with Gasteiger partial charge in [-0.2, -0.15) is 0 Å². The van der Waals surface area contributed by atoms with E-state index in [0.717, 1.165) is 4.47 Å². The first-order chi connectivity index (χ1) is 9.16. The molecule has 2 heteroatoms. The summed E-state index contributed by atoms with van der Waals surface area (Å²) >= 11 is 3.49. The van der Waals surface area contributed by atoms with Gasteiger partial charge in [-0.1, -0.05) is 46.3 Å². The number of hydrogen-bond acceptors (Lipinski definition) is 0. The van der Waals surface area contributed by atoms with Crippen LogP contribution in [0.3, 0.4) is 0 Å². The Morgan fingerprint density at radius 2 is 1.63 bits per heavy atom. The summed E-state index contributed by atoms with van der Waals surface area (Å²) in [6.07, 6.45) is 0. The Balaban J connectivity index is 2.28. The molecule has 0 aliphatic rings. The molecule has 0 saturated carbocycles. The minimum absolute atomic E-state index is 0.443. The lowest BCUT2D eigenvalue weighted by molar-refractivity contribution is 0.629. The van der Waals surface area contributed by atoms with Crippen LogP contribution in [-0.2, 0) is 0 Å². The third-order valence-corrected chi connectivity index (χ3v) is 3.93. The SMILES string of the molecule is CC(C)n1c(-c2ccc(Br)cc2)cc2ccccc21. The van der Waals surface area contributed by atoms with Gasteiger partial charge in [-0.15, -0.1) is 0 Å². The van der Waals surface area contributed by atoms with Gasteiger partial charge in [0.25, 0.3) is 0 Å². The monoisotopic (exact) mass is 313 g/mol. The van der Waals surface area contributed by atoms with Crippen LogP contribution in [0.15, 0.2) is 59.1 Å². The molecule has 0 aliphatic heterocycles. The van der Waals surface area contributed by atoms with Crippen LogP contribution < -0.4 is 0 Å². The molecule has 0 aliphatic carbocycles. The highest BCUT2D eigenvalue weighted by atomic mass is 79.9. The normalized spacial score (nSPS) is 11.4. The smallest absolute Gasteiger partial charge is 0.0493 e. The van der Waals surface area contributed by atoms with E-state index in [1.165, 1.54) is 22.2 Å². The van der Waals surface area contributed by atoms with Gasteiger partial charge in [0.2, 0.25) is 0 Å². The third kappa shape index (κ3) is 2.21. The van der Waals surface area contributed by atoms with Crippen molar-refractivity contribution in [2.75, 3.05) is 0 Å². The lowest BCUT2D eigenvalue weighted by atomic mass is 10.1. The maximum absolute atomic E-state index is 3.49. The van der Waals surface area contributed by atoms with Crippen molar-refractivity contribution in [3.63, 3.8) is 0 Å². The predicted octanol–water partition coefficient (Wildman–Crippen LogP) is 5.65. The topological polar surface area (TPSA) is 4.93 Å². The molecule has 1 aromatic heterocycles. The van der Waals surface area contributed by atoms with Crippen molar-refractivity contribution in [2.24, 2.45) is 0 Å². The van der Waals surface area contributed by atoms with Crippen LogP contribution in [0.25, 0.3) is 22.2 Å². The first-order valence-corrected chi connectivity index (χ1v) is 7.32. The van der Waals surface area contributed by atoms with Crippen LogP contribution in [-0.4, -0.2) is 4.57 Å². The fraction of sp³-hybridized carbons (Fsp3) is 0.176. The molecule has 1 heterocycles. The van der Waals surface area contributed by atoms with Gasteiger partial charge in [0.15, 0.2) is 0 Å². The molecule has 3 rings (SSSR count). The van der Waals surface area contributed by atoms with Gasteiger partial charge in [0.05, 0.1) is 0 Å². The van der Waals surface area contributed by atoms with Crippen molar-refractivity contribution in [1.29, 1.82) is 0 Å². The minimum Gasteiger partial charge on any atom is -0.338 e. The van der Waals surface area contributed by atoms with E-state index in [2.05, 4.69) is 88.9 Å². The van der Waals surface area contributed by atoms with Gasteiger partial charge < -0.3 is 4.57 Å². The van der Waals surface area contributed by atoms with E-state index in [1.807, 2.05) is 0 Å². The Hall–Kier alpha value is -1.54. The largest absolute Gasteiger partial charge is 0.338 e. The fourth-order valence-corrected chi connectivity index (χ4v) is 2.84. The highest BCUT2D eigenvalue weighted by molar-refractivity contribution is 9.10.